The molecule has 0 fully saturated rings. The molecule has 0 radical (unpaired) electrons. The zero-order chi connectivity index (χ0) is 19.2. The van der Waals surface area contributed by atoms with Crippen molar-refractivity contribution >= 4 is 39.0 Å². The molecule has 2 heterocycles. The Kier molecular flexibility index (Phi) is 3.81. The molecule has 0 bridgehead atoms. The number of rotatable bonds is 4. The molecule has 0 saturated heterocycles. The van der Waals surface area contributed by atoms with Gasteiger partial charge in [-0.25, -0.2) is 13.2 Å². The maximum absolute atomic E-state index is 12.5. The number of nitrogens with one attached hydrogen (secondary N) is 2. The molecule has 0 spiro atoms. The SMILES string of the molecule is O=C1Nc2ccc(NS(=O)(=O)c3ccc([N+](=O)[O-])cc3)cc2C2=NCCN12. The number of sulfonamides is 1. The smallest absolute Gasteiger partial charge is 0.307 e. The lowest BCUT2D eigenvalue weighted by atomic mass is 10.1. The van der Waals surface area contributed by atoms with Crippen molar-refractivity contribution in [1.29, 1.82) is 0 Å². The fourth-order valence-electron chi connectivity index (χ4n) is 2.92. The van der Waals surface area contributed by atoms with Gasteiger partial charge in [0.2, 0.25) is 0 Å². The highest BCUT2D eigenvalue weighted by molar-refractivity contribution is 7.92. The fourth-order valence-corrected chi connectivity index (χ4v) is 3.97. The number of non-ortho nitro benzene ring substituents is 1. The van der Waals surface area contributed by atoms with E-state index in [9.17, 15) is 23.3 Å². The Labute approximate surface area is 153 Å². The molecule has 2 N–H and O–H groups in total. The van der Waals surface area contributed by atoms with Crippen molar-refractivity contribution in [2.45, 2.75) is 4.90 Å². The minimum Gasteiger partial charge on any atom is -0.307 e. The van der Waals surface area contributed by atoms with Crippen LogP contribution >= 0.6 is 0 Å². The van der Waals surface area contributed by atoms with Gasteiger partial charge in [0, 0.05) is 29.9 Å². The second-order valence-electron chi connectivity index (χ2n) is 5.90. The second-order valence-corrected chi connectivity index (χ2v) is 7.59. The predicted molar refractivity (Wildman–Crippen MR) is 97.5 cm³/mol. The third-order valence-electron chi connectivity index (χ3n) is 4.20. The third-order valence-corrected chi connectivity index (χ3v) is 5.60. The van der Waals surface area contributed by atoms with Gasteiger partial charge in [-0.3, -0.25) is 24.7 Å². The molecule has 2 aliphatic rings. The number of nitrogens with zero attached hydrogens (tertiary/aromatic N) is 3. The topological polar surface area (TPSA) is 134 Å². The molecule has 2 amide bonds. The highest BCUT2D eigenvalue weighted by Gasteiger charge is 2.32. The summed E-state index contributed by atoms with van der Waals surface area (Å²) >= 11 is 0. The molecule has 0 saturated carbocycles. The first-order chi connectivity index (χ1) is 12.8. The second kappa shape index (κ2) is 6.06. The van der Waals surface area contributed by atoms with Crippen LogP contribution in [0.5, 0.6) is 0 Å². The summed E-state index contributed by atoms with van der Waals surface area (Å²) in [7, 11) is -3.93. The van der Waals surface area contributed by atoms with Crippen LogP contribution in [-0.4, -0.2) is 43.2 Å². The number of carbonyl (C=O) groups is 1. The van der Waals surface area contributed by atoms with Crippen LogP contribution in [0.1, 0.15) is 5.56 Å². The van der Waals surface area contributed by atoms with E-state index in [0.29, 0.717) is 30.2 Å². The third kappa shape index (κ3) is 2.97. The van der Waals surface area contributed by atoms with Gasteiger partial charge in [-0.05, 0) is 30.3 Å². The molecule has 0 atom stereocenters. The summed E-state index contributed by atoms with van der Waals surface area (Å²) in [6, 6.07) is 9.03. The average molecular weight is 387 g/mol. The number of nitro benzene ring substituents is 1. The Morgan fingerprint density at radius 2 is 1.93 bits per heavy atom. The number of fused-ring (bicyclic) bond motifs is 3. The highest BCUT2D eigenvalue weighted by atomic mass is 32.2. The summed E-state index contributed by atoms with van der Waals surface area (Å²) < 4.78 is 27.5. The fraction of sp³-hybridized carbons (Fsp3) is 0.125. The van der Waals surface area contributed by atoms with Crippen molar-refractivity contribution < 1.29 is 18.1 Å². The maximum Gasteiger partial charge on any atom is 0.327 e. The van der Waals surface area contributed by atoms with E-state index >= 15 is 0 Å². The molecule has 11 heteroatoms. The van der Waals surface area contributed by atoms with Gasteiger partial charge in [-0.2, -0.15) is 0 Å². The average Bonchev–Trinajstić information content (AvgIpc) is 3.13. The van der Waals surface area contributed by atoms with Gasteiger partial charge in [-0.15, -0.1) is 0 Å². The van der Waals surface area contributed by atoms with Crippen LogP contribution in [0, 0.1) is 10.1 Å². The monoisotopic (exact) mass is 387 g/mol. The Balaban J connectivity index is 1.64. The first kappa shape index (κ1) is 17.0. The lowest BCUT2D eigenvalue weighted by Crippen LogP contribution is -2.42. The van der Waals surface area contributed by atoms with Crippen LogP contribution in [0.15, 0.2) is 52.4 Å². The van der Waals surface area contributed by atoms with Gasteiger partial charge in [0.05, 0.1) is 22.1 Å². The van der Waals surface area contributed by atoms with Gasteiger partial charge in [0.1, 0.15) is 5.84 Å². The Bertz CT molecular complexity index is 1090. The van der Waals surface area contributed by atoms with Crippen molar-refractivity contribution in [3.63, 3.8) is 0 Å². The van der Waals surface area contributed by atoms with E-state index in [1.807, 2.05) is 0 Å². The van der Waals surface area contributed by atoms with Crippen LogP contribution in [0.2, 0.25) is 0 Å². The predicted octanol–water partition coefficient (Wildman–Crippen LogP) is 2.00. The number of hydrogen-bond acceptors (Lipinski definition) is 6. The Morgan fingerprint density at radius 1 is 1.19 bits per heavy atom. The molecule has 27 heavy (non-hydrogen) atoms. The number of urea groups is 1. The van der Waals surface area contributed by atoms with Crippen molar-refractivity contribution in [3.8, 4) is 0 Å². The van der Waals surface area contributed by atoms with E-state index in [1.165, 1.54) is 23.1 Å². The van der Waals surface area contributed by atoms with E-state index in [2.05, 4.69) is 15.0 Å². The molecule has 0 aromatic heterocycles. The number of amidine groups is 1. The van der Waals surface area contributed by atoms with Crippen molar-refractivity contribution in [1.82, 2.24) is 4.90 Å². The summed E-state index contributed by atoms with van der Waals surface area (Å²) in [6.45, 7) is 0.959. The van der Waals surface area contributed by atoms with E-state index in [0.717, 1.165) is 12.1 Å². The molecule has 2 aliphatic heterocycles. The van der Waals surface area contributed by atoms with Gasteiger partial charge in [0.15, 0.2) is 0 Å². The molecule has 0 aliphatic carbocycles. The minimum atomic E-state index is -3.93. The van der Waals surface area contributed by atoms with E-state index in [-0.39, 0.29) is 22.3 Å². The van der Waals surface area contributed by atoms with Crippen molar-refractivity contribution in [2.75, 3.05) is 23.1 Å². The van der Waals surface area contributed by atoms with Gasteiger partial charge in [-0.1, -0.05) is 0 Å². The van der Waals surface area contributed by atoms with Gasteiger partial charge < -0.3 is 5.32 Å². The van der Waals surface area contributed by atoms with Gasteiger partial charge >= 0.3 is 6.03 Å². The van der Waals surface area contributed by atoms with E-state index in [4.69, 9.17) is 0 Å². The standard InChI is InChI=1S/C16H13N5O5S/c22-16-18-14-6-1-10(9-13(14)15-17-7-8-20(15)16)19-27(25,26)12-4-2-11(3-5-12)21(23)24/h1-6,9,19H,7-8H2,(H,18,22). The number of nitro groups is 1. The molecular weight excluding hydrogens is 374 g/mol. The number of aliphatic imine (C=N–C) groups is 1. The van der Waals surface area contributed by atoms with Crippen LogP contribution in [0.4, 0.5) is 21.9 Å². The van der Waals surface area contributed by atoms with E-state index < -0.39 is 14.9 Å². The number of amides is 2. The van der Waals surface area contributed by atoms with Crippen LogP contribution in [-0.2, 0) is 10.0 Å². The summed E-state index contributed by atoms with van der Waals surface area (Å²) in [4.78, 5) is 27.8. The Hall–Kier alpha value is -3.47. The number of anilines is 2. The van der Waals surface area contributed by atoms with Crippen LogP contribution in [0.25, 0.3) is 0 Å². The summed E-state index contributed by atoms with van der Waals surface area (Å²) in [5.41, 5.74) is 1.27. The number of carbonyl (C=O) groups excluding carboxylic acids is 1. The zero-order valence-corrected chi connectivity index (χ0v) is 14.6. The lowest BCUT2D eigenvalue weighted by Gasteiger charge is -2.26. The largest absolute Gasteiger partial charge is 0.327 e. The van der Waals surface area contributed by atoms with E-state index in [1.54, 1.807) is 12.1 Å². The minimum absolute atomic E-state index is 0.0982. The molecule has 4 rings (SSSR count). The molecule has 2 aromatic rings. The van der Waals surface area contributed by atoms with Crippen LogP contribution in [0.3, 0.4) is 0 Å². The van der Waals surface area contributed by atoms with Gasteiger partial charge in [0.25, 0.3) is 15.7 Å². The lowest BCUT2D eigenvalue weighted by molar-refractivity contribution is -0.384. The summed E-state index contributed by atoms with van der Waals surface area (Å²) in [6.07, 6.45) is 0. The van der Waals surface area contributed by atoms with Crippen molar-refractivity contribution in [2.24, 2.45) is 4.99 Å². The van der Waals surface area contributed by atoms with Crippen LogP contribution < -0.4 is 10.0 Å². The highest BCUT2D eigenvalue weighted by Crippen LogP contribution is 2.29. The Morgan fingerprint density at radius 3 is 2.63 bits per heavy atom. The molecule has 10 nitrogen and oxygen atoms in total. The normalized spacial score (nSPS) is 15.5. The first-order valence-electron chi connectivity index (χ1n) is 7.90. The molecular formula is C16H13N5O5S. The number of hydrogen-bond donors (Lipinski definition) is 2. The first-order valence-corrected chi connectivity index (χ1v) is 9.38. The quantitative estimate of drug-likeness (QED) is 0.611. The maximum atomic E-state index is 12.5. The summed E-state index contributed by atoms with van der Waals surface area (Å²) in [5.74, 6) is 0.505. The molecule has 138 valence electrons. The molecule has 0 unspecified atom stereocenters. The number of benzene rings is 2. The zero-order valence-electron chi connectivity index (χ0n) is 13.7. The summed E-state index contributed by atoms with van der Waals surface area (Å²) in [5, 5.41) is 13.4. The molecule has 2 aromatic carbocycles. The van der Waals surface area contributed by atoms with Crippen molar-refractivity contribution in [3.05, 3.63) is 58.1 Å².